The summed E-state index contributed by atoms with van der Waals surface area (Å²) >= 11 is 0. The number of rotatable bonds is 9. The van der Waals surface area contributed by atoms with Crippen molar-refractivity contribution in [3.05, 3.63) is 95.6 Å². The minimum Gasteiger partial charge on any atom is -0.481 e. The number of esters is 1. The fourth-order valence-corrected chi connectivity index (χ4v) is 7.53. The number of aliphatic imine (C=N–C) groups is 1. The molecule has 2 aliphatic rings. The van der Waals surface area contributed by atoms with Gasteiger partial charge in [-0.15, -0.1) is 0 Å². The molecule has 2 aliphatic heterocycles. The van der Waals surface area contributed by atoms with Gasteiger partial charge in [0.15, 0.2) is 0 Å². The van der Waals surface area contributed by atoms with Gasteiger partial charge in [-0.1, -0.05) is 72.8 Å². The molecule has 45 heavy (non-hydrogen) atoms. The molecule has 234 valence electrons. The van der Waals surface area contributed by atoms with Gasteiger partial charge in [0.1, 0.15) is 17.0 Å². The van der Waals surface area contributed by atoms with E-state index in [-0.39, 0.29) is 12.0 Å². The van der Waals surface area contributed by atoms with E-state index >= 15 is 0 Å². The number of aliphatic carboxylic acids is 1. The van der Waals surface area contributed by atoms with Gasteiger partial charge in [-0.25, -0.2) is 4.63 Å². The van der Waals surface area contributed by atoms with Crippen molar-refractivity contribution >= 4 is 28.7 Å². The average Bonchev–Trinajstić information content (AvgIpc) is 3.55. The maximum Gasteiger partial charge on any atom is 0.315 e. The molecule has 1 N–H and O–H groups in total. The highest BCUT2D eigenvalue weighted by molar-refractivity contribution is 6.04. The Balaban J connectivity index is 1.13. The molecular formula is C36H40N4O5. The number of fused-ring (bicyclic) bond motifs is 1. The Morgan fingerprint density at radius 2 is 1.60 bits per heavy atom. The summed E-state index contributed by atoms with van der Waals surface area (Å²) in [6.45, 7) is 8.13. The van der Waals surface area contributed by atoms with Gasteiger partial charge in [-0.2, -0.15) is 0 Å². The van der Waals surface area contributed by atoms with Crippen LogP contribution in [0.4, 0.5) is 0 Å². The number of hydrogen-bond acceptors (Lipinski definition) is 8. The second-order valence-electron chi connectivity index (χ2n) is 12.6. The van der Waals surface area contributed by atoms with Crippen LogP contribution in [0.5, 0.6) is 0 Å². The van der Waals surface area contributed by atoms with Gasteiger partial charge < -0.3 is 14.7 Å². The molecule has 0 bridgehead atoms. The van der Waals surface area contributed by atoms with Crippen LogP contribution >= 0.6 is 0 Å². The zero-order chi connectivity index (χ0) is 31.6. The molecule has 0 saturated carbocycles. The van der Waals surface area contributed by atoms with Crippen molar-refractivity contribution in [3.63, 3.8) is 0 Å². The Morgan fingerprint density at radius 3 is 2.22 bits per heavy atom. The summed E-state index contributed by atoms with van der Waals surface area (Å²) in [7, 11) is 0. The van der Waals surface area contributed by atoms with Crippen LogP contribution < -0.4 is 0 Å². The van der Waals surface area contributed by atoms with Crippen LogP contribution in [0, 0.1) is 11.3 Å². The summed E-state index contributed by atoms with van der Waals surface area (Å²) in [6.07, 6.45) is 2.70. The minimum absolute atomic E-state index is 0.0194. The van der Waals surface area contributed by atoms with E-state index in [1.807, 2.05) is 0 Å². The number of benzene rings is 3. The van der Waals surface area contributed by atoms with Gasteiger partial charge in [0, 0.05) is 23.6 Å². The third kappa shape index (κ3) is 5.54. The molecule has 3 aromatic carbocycles. The van der Waals surface area contributed by atoms with Gasteiger partial charge in [-0.3, -0.25) is 14.6 Å². The topological polar surface area (TPSA) is 118 Å². The molecule has 1 saturated heterocycles. The number of aromatic nitrogens is 2. The zero-order valence-electron chi connectivity index (χ0n) is 26.1. The van der Waals surface area contributed by atoms with Crippen LogP contribution in [0.2, 0.25) is 0 Å². The summed E-state index contributed by atoms with van der Waals surface area (Å²) in [5, 5.41) is 18.5. The van der Waals surface area contributed by atoms with Gasteiger partial charge in [0.05, 0.1) is 18.1 Å². The lowest BCUT2D eigenvalue weighted by atomic mass is 9.61. The number of hydrogen-bond donors (Lipinski definition) is 1. The second kappa shape index (κ2) is 12.6. The Morgan fingerprint density at radius 1 is 0.956 bits per heavy atom. The number of carbonyl (C=O) groups is 2. The van der Waals surface area contributed by atoms with E-state index in [2.05, 4.69) is 80.9 Å². The fraction of sp³-hybridized carbons (Fsp3) is 0.417. The summed E-state index contributed by atoms with van der Waals surface area (Å²) in [5.41, 5.74) is 3.40. The number of carbonyl (C=O) groups excluding carboxylic acids is 1. The first-order chi connectivity index (χ1) is 21.8. The highest BCUT2D eigenvalue weighted by Gasteiger charge is 2.56. The normalized spacial score (nSPS) is 25.0. The van der Waals surface area contributed by atoms with Crippen LogP contribution in [-0.2, 0) is 19.7 Å². The third-order valence-electron chi connectivity index (χ3n) is 10.3. The number of piperidine rings is 1. The lowest BCUT2D eigenvalue weighted by Gasteiger charge is -2.44. The lowest BCUT2D eigenvalue weighted by Crippen LogP contribution is -2.52. The van der Waals surface area contributed by atoms with E-state index in [4.69, 9.17) is 9.37 Å². The van der Waals surface area contributed by atoms with Crippen molar-refractivity contribution in [1.29, 1.82) is 0 Å². The lowest BCUT2D eigenvalue weighted by molar-refractivity contribution is -0.155. The molecule has 4 atom stereocenters. The monoisotopic (exact) mass is 608 g/mol. The number of likely N-dealkylation sites (tertiary alicyclic amines) is 1. The van der Waals surface area contributed by atoms with Crippen molar-refractivity contribution < 1.29 is 24.1 Å². The van der Waals surface area contributed by atoms with E-state index in [0.29, 0.717) is 28.7 Å². The van der Waals surface area contributed by atoms with Crippen LogP contribution in [-0.4, -0.2) is 70.3 Å². The summed E-state index contributed by atoms with van der Waals surface area (Å²) in [4.78, 5) is 33.6. The predicted molar refractivity (Wildman–Crippen MR) is 171 cm³/mol. The molecule has 1 aromatic heterocycles. The van der Waals surface area contributed by atoms with Crippen LogP contribution in [0.3, 0.4) is 0 Å². The smallest absolute Gasteiger partial charge is 0.315 e. The minimum atomic E-state index is -1.38. The van der Waals surface area contributed by atoms with Gasteiger partial charge >= 0.3 is 11.9 Å². The number of nitrogens with zero attached hydrogens (tertiary/aromatic N) is 4. The summed E-state index contributed by atoms with van der Waals surface area (Å²) in [5.74, 6) is -3.15. The largest absolute Gasteiger partial charge is 0.481 e. The summed E-state index contributed by atoms with van der Waals surface area (Å²) < 4.78 is 10.9. The molecule has 4 unspecified atom stereocenters. The SMILES string of the molecule is CC1=NC(C)C(C)(C(=O)O)C(c2cccc3nonc23)C1C(=O)OCCCN1CCC(c2ccccc2)(c2ccccc2)CC1. The number of ether oxygens (including phenoxy) is 1. The summed E-state index contributed by atoms with van der Waals surface area (Å²) in [6, 6.07) is 26.3. The predicted octanol–water partition coefficient (Wildman–Crippen LogP) is 5.89. The molecule has 0 amide bonds. The molecule has 0 spiro atoms. The Bertz CT molecular complexity index is 1640. The van der Waals surface area contributed by atoms with Crippen molar-refractivity contribution in [1.82, 2.24) is 15.2 Å². The fourth-order valence-electron chi connectivity index (χ4n) is 7.53. The molecule has 4 aromatic rings. The highest BCUT2D eigenvalue weighted by atomic mass is 16.6. The van der Waals surface area contributed by atoms with Gasteiger partial charge in [0.2, 0.25) is 0 Å². The zero-order valence-corrected chi connectivity index (χ0v) is 26.1. The van der Waals surface area contributed by atoms with Crippen LogP contribution in [0.1, 0.15) is 62.6 Å². The van der Waals surface area contributed by atoms with Gasteiger partial charge in [0.25, 0.3) is 0 Å². The van der Waals surface area contributed by atoms with Crippen molar-refractivity contribution in [2.45, 2.75) is 57.4 Å². The van der Waals surface area contributed by atoms with Crippen molar-refractivity contribution in [2.24, 2.45) is 16.3 Å². The number of carboxylic acids is 1. The Hall–Kier alpha value is -4.37. The first kappa shape index (κ1) is 30.6. The maximum absolute atomic E-state index is 13.8. The van der Waals surface area contributed by atoms with E-state index < -0.39 is 35.2 Å². The van der Waals surface area contributed by atoms with Crippen LogP contribution in [0.25, 0.3) is 11.0 Å². The molecule has 0 radical (unpaired) electrons. The van der Waals surface area contributed by atoms with Crippen molar-refractivity contribution in [2.75, 3.05) is 26.2 Å². The first-order valence-electron chi connectivity index (χ1n) is 15.7. The molecule has 6 rings (SSSR count). The van der Waals surface area contributed by atoms with E-state index in [1.165, 1.54) is 11.1 Å². The molecular weight excluding hydrogens is 568 g/mol. The average molecular weight is 609 g/mol. The second-order valence-corrected chi connectivity index (χ2v) is 12.6. The molecule has 0 aliphatic carbocycles. The van der Waals surface area contributed by atoms with E-state index in [9.17, 15) is 14.7 Å². The van der Waals surface area contributed by atoms with E-state index in [1.54, 1.807) is 39.0 Å². The third-order valence-corrected chi connectivity index (χ3v) is 10.3. The van der Waals surface area contributed by atoms with E-state index in [0.717, 1.165) is 32.5 Å². The molecule has 9 nitrogen and oxygen atoms in total. The highest BCUT2D eigenvalue weighted by Crippen LogP contribution is 2.50. The first-order valence-corrected chi connectivity index (χ1v) is 15.7. The van der Waals surface area contributed by atoms with Crippen LogP contribution in [0.15, 0.2) is 88.5 Å². The molecule has 3 heterocycles. The Labute approximate surface area is 263 Å². The Kier molecular flexibility index (Phi) is 8.55. The van der Waals surface area contributed by atoms with Crippen molar-refractivity contribution in [3.8, 4) is 0 Å². The van der Waals surface area contributed by atoms with Gasteiger partial charge in [-0.05, 0) is 86.2 Å². The molecule has 1 fully saturated rings. The standard InChI is InChI=1S/C36H40N4O5/c1-24-30(31(35(3,34(42)43)25(2)37-24)28-16-10-17-29-32(28)39-45-38-29)33(41)44-23-11-20-40-21-18-36(19-22-40,26-12-6-4-7-13-26)27-14-8-5-9-15-27/h4-10,12-17,25,30-31H,11,18-23H2,1-3H3,(H,42,43). The maximum atomic E-state index is 13.8. The quantitative estimate of drug-likeness (QED) is 0.185. The molecule has 9 heteroatoms. The number of carboxylic acid groups (broad SMARTS) is 1.